The summed E-state index contributed by atoms with van der Waals surface area (Å²) in [7, 11) is 0. The van der Waals surface area contributed by atoms with Crippen LogP contribution in [-0.4, -0.2) is 18.3 Å². The molecule has 32 heavy (non-hydrogen) atoms. The predicted octanol–water partition coefficient (Wildman–Crippen LogP) is 6.42. The first kappa shape index (κ1) is 22.1. The van der Waals surface area contributed by atoms with Crippen molar-refractivity contribution in [3.63, 3.8) is 0 Å². The molecule has 0 saturated heterocycles. The van der Waals surface area contributed by atoms with E-state index in [-0.39, 0.29) is 0 Å². The van der Waals surface area contributed by atoms with Crippen LogP contribution in [0.15, 0.2) is 81.9 Å². The third-order valence-corrected chi connectivity index (χ3v) is 5.52. The molecule has 0 radical (unpaired) electrons. The fraction of sp³-hybridized carbons (Fsp3) is 0.120. The standard InChI is InChI=1S/C25H19BrClNO4/c1-2-30-22-14-17(12-20-23(28-32-25(20)29)18-6-4-3-5-7-18)13-21(26)24(22)31-15-16-8-10-19(27)11-9-16/h3-14H,2,15H2,1H3/b20-12-. The van der Waals surface area contributed by atoms with E-state index in [1.54, 1.807) is 6.08 Å². The maximum atomic E-state index is 12.3. The summed E-state index contributed by atoms with van der Waals surface area (Å²) in [6.07, 6.45) is 1.73. The SMILES string of the molecule is CCOc1cc(/C=C2\C(=O)ON=C2c2ccccc2)cc(Br)c1OCc1ccc(Cl)cc1. The van der Waals surface area contributed by atoms with Gasteiger partial charge in [-0.1, -0.05) is 59.2 Å². The number of ether oxygens (including phenoxy) is 2. The van der Waals surface area contributed by atoms with Gasteiger partial charge in [0.15, 0.2) is 11.5 Å². The molecule has 0 bridgehead atoms. The second-order valence-electron chi connectivity index (χ2n) is 6.92. The van der Waals surface area contributed by atoms with E-state index in [4.69, 9.17) is 25.9 Å². The molecule has 0 fully saturated rings. The number of carbonyl (C=O) groups is 1. The van der Waals surface area contributed by atoms with Crippen molar-refractivity contribution in [3.8, 4) is 11.5 Å². The zero-order valence-electron chi connectivity index (χ0n) is 17.2. The van der Waals surface area contributed by atoms with Gasteiger partial charge in [-0.05, 0) is 64.3 Å². The second-order valence-corrected chi connectivity index (χ2v) is 8.21. The molecule has 1 aliphatic rings. The fourth-order valence-corrected chi connectivity index (χ4v) is 3.89. The Morgan fingerprint density at radius 2 is 1.81 bits per heavy atom. The molecule has 0 atom stereocenters. The summed E-state index contributed by atoms with van der Waals surface area (Å²) in [4.78, 5) is 17.3. The lowest BCUT2D eigenvalue weighted by atomic mass is 10.0. The van der Waals surface area contributed by atoms with E-state index in [2.05, 4.69) is 21.1 Å². The maximum absolute atomic E-state index is 12.3. The number of nitrogens with zero attached hydrogens (tertiary/aromatic N) is 1. The first-order valence-electron chi connectivity index (χ1n) is 9.95. The van der Waals surface area contributed by atoms with Crippen LogP contribution >= 0.6 is 27.5 Å². The molecule has 7 heteroatoms. The van der Waals surface area contributed by atoms with Gasteiger partial charge >= 0.3 is 5.97 Å². The molecule has 162 valence electrons. The van der Waals surface area contributed by atoms with Crippen LogP contribution in [0.4, 0.5) is 0 Å². The Labute approximate surface area is 199 Å². The molecular weight excluding hydrogens is 494 g/mol. The Hall–Kier alpha value is -3.09. The number of carbonyl (C=O) groups excluding carboxylic acids is 1. The summed E-state index contributed by atoms with van der Waals surface area (Å²) in [6, 6.07) is 20.6. The molecule has 0 N–H and O–H groups in total. The summed E-state index contributed by atoms with van der Waals surface area (Å²) in [5, 5.41) is 4.63. The molecule has 3 aromatic rings. The van der Waals surface area contributed by atoms with Crippen molar-refractivity contribution >= 4 is 45.3 Å². The van der Waals surface area contributed by atoms with E-state index in [9.17, 15) is 4.79 Å². The van der Waals surface area contributed by atoms with Gasteiger partial charge in [-0.25, -0.2) is 4.79 Å². The van der Waals surface area contributed by atoms with Crippen molar-refractivity contribution in [2.75, 3.05) is 6.61 Å². The lowest BCUT2D eigenvalue weighted by Crippen LogP contribution is -2.07. The zero-order chi connectivity index (χ0) is 22.5. The first-order chi connectivity index (χ1) is 15.5. The van der Waals surface area contributed by atoms with Gasteiger partial charge in [0, 0.05) is 10.6 Å². The number of halogens is 2. The van der Waals surface area contributed by atoms with E-state index < -0.39 is 5.97 Å². The van der Waals surface area contributed by atoms with Gasteiger partial charge in [0.25, 0.3) is 0 Å². The molecule has 0 amide bonds. The highest BCUT2D eigenvalue weighted by molar-refractivity contribution is 9.10. The molecule has 0 aliphatic carbocycles. The summed E-state index contributed by atoms with van der Waals surface area (Å²) >= 11 is 9.53. The van der Waals surface area contributed by atoms with Crippen molar-refractivity contribution in [1.29, 1.82) is 0 Å². The fourth-order valence-electron chi connectivity index (χ4n) is 3.19. The van der Waals surface area contributed by atoms with Crippen LogP contribution in [0.25, 0.3) is 6.08 Å². The average molecular weight is 513 g/mol. The van der Waals surface area contributed by atoms with Crippen molar-refractivity contribution in [2.45, 2.75) is 13.5 Å². The molecule has 1 heterocycles. The number of rotatable bonds is 7. The minimum absolute atomic E-state index is 0.355. The van der Waals surface area contributed by atoms with Crippen molar-refractivity contribution in [2.24, 2.45) is 5.16 Å². The second kappa shape index (κ2) is 10.0. The minimum atomic E-state index is -0.499. The Balaban J connectivity index is 1.64. The minimum Gasteiger partial charge on any atom is -0.490 e. The summed E-state index contributed by atoms with van der Waals surface area (Å²) in [5.41, 5.74) is 3.40. The Kier molecular flexibility index (Phi) is 6.93. The highest BCUT2D eigenvalue weighted by Crippen LogP contribution is 2.38. The maximum Gasteiger partial charge on any atom is 0.368 e. The van der Waals surface area contributed by atoms with Gasteiger partial charge in [0.2, 0.25) is 0 Å². The first-order valence-corrected chi connectivity index (χ1v) is 11.1. The van der Waals surface area contributed by atoms with Crippen LogP contribution in [-0.2, 0) is 16.2 Å². The number of hydrogen-bond acceptors (Lipinski definition) is 5. The largest absolute Gasteiger partial charge is 0.490 e. The van der Waals surface area contributed by atoms with Crippen molar-refractivity contribution < 1.29 is 19.1 Å². The Morgan fingerprint density at radius 1 is 1.06 bits per heavy atom. The van der Waals surface area contributed by atoms with Crippen LogP contribution in [0.2, 0.25) is 5.02 Å². The van der Waals surface area contributed by atoms with Gasteiger partial charge in [-0.15, -0.1) is 0 Å². The van der Waals surface area contributed by atoms with Crippen LogP contribution < -0.4 is 9.47 Å². The van der Waals surface area contributed by atoms with Gasteiger partial charge < -0.3 is 14.3 Å². The molecule has 0 saturated carbocycles. The Bertz CT molecular complexity index is 1190. The summed E-state index contributed by atoms with van der Waals surface area (Å²) in [6.45, 7) is 2.71. The number of hydrogen-bond donors (Lipinski definition) is 0. The van der Waals surface area contributed by atoms with Gasteiger partial charge in [0.1, 0.15) is 12.3 Å². The average Bonchev–Trinajstić information content (AvgIpc) is 3.15. The molecule has 0 unspecified atom stereocenters. The monoisotopic (exact) mass is 511 g/mol. The summed E-state index contributed by atoms with van der Waals surface area (Å²) < 4.78 is 12.6. The lowest BCUT2D eigenvalue weighted by molar-refractivity contribution is -0.136. The molecular formula is C25H19BrClNO4. The highest BCUT2D eigenvalue weighted by atomic mass is 79.9. The molecule has 4 rings (SSSR count). The molecule has 1 aliphatic heterocycles. The quantitative estimate of drug-likeness (QED) is 0.271. The van der Waals surface area contributed by atoms with Gasteiger partial charge in [0.05, 0.1) is 16.7 Å². The highest BCUT2D eigenvalue weighted by Gasteiger charge is 2.27. The topological polar surface area (TPSA) is 57.1 Å². The summed E-state index contributed by atoms with van der Waals surface area (Å²) in [5.74, 6) is 0.642. The van der Waals surface area contributed by atoms with Gasteiger partial charge in [-0.3, -0.25) is 0 Å². The molecule has 5 nitrogen and oxygen atoms in total. The van der Waals surface area contributed by atoms with Crippen molar-refractivity contribution in [3.05, 3.63) is 98.5 Å². The lowest BCUT2D eigenvalue weighted by Gasteiger charge is -2.15. The van der Waals surface area contributed by atoms with Crippen LogP contribution in [0, 0.1) is 0 Å². The zero-order valence-corrected chi connectivity index (χ0v) is 19.5. The van der Waals surface area contributed by atoms with E-state index in [0.29, 0.717) is 45.5 Å². The number of benzene rings is 3. The van der Waals surface area contributed by atoms with E-state index in [1.165, 1.54) is 0 Å². The number of oxime groups is 1. The van der Waals surface area contributed by atoms with E-state index in [0.717, 1.165) is 16.7 Å². The van der Waals surface area contributed by atoms with Crippen molar-refractivity contribution in [1.82, 2.24) is 0 Å². The van der Waals surface area contributed by atoms with Crippen LogP contribution in [0.5, 0.6) is 11.5 Å². The van der Waals surface area contributed by atoms with E-state index >= 15 is 0 Å². The normalized spacial score (nSPS) is 14.3. The van der Waals surface area contributed by atoms with Gasteiger partial charge in [-0.2, -0.15) is 0 Å². The Morgan fingerprint density at radius 3 is 2.53 bits per heavy atom. The molecule has 0 aromatic heterocycles. The smallest absolute Gasteiger partial charge is 0.368 e. The molecule has 0 spiro atoms. The predicted molar refractivity (Wildman–Crippen MR) is 128 cm³/mol. The van der Waals surface area contributed by atoms with E-state index in [1.807, 2.05) is 73.7 Å². The third kappa shape index (κ3) is 5.03. The van der Waals surface area contributed by atoms with Crippen LogP contribution in [0.3, 0.4) is 0 Å². The third-order valence-electron chi connectivity index (χ3n) is 4.68. The molecule has 3 aromatic carbocycles. The van der Waals surface area contributed by atoms with Crippen LogP contribution in [0.1, 0.15) is 23.6 Å².